The molecule has 0 aromatic carbocycles. The zero-order valence-corrected chi connectivity index (χ0v) is 12.6. The third-order valence-electron chi connectivity index (χ3n) is 1.97. The van der Waals surface area contributed by atoms with E-state index in [9.17, 15) is 9.59 Å². The van der Waals surface area contributed by atoms with Crippen molar-refractivity contribution < 1.29 is 14.3 Å². The third-order valence-corrected chi connectivity index (χ3v) is 2.61. The summed E-state index contributed by atoms with van der Waals surface area (Å²) in [5.74, 6) is 0.634. The highest BCUT2D eigenvalue weighted by atomic mass is 32.2. The summed E-state index contributed by atoms with van der Waals surface area (Å²) < 4.78 is 5.14. The number of carbonyl (C=O) groups excluding carboxylic acids is 2. The van der Waals surface area contributed by atoms with Crippen LogP contribution in [0.4, 0.5) is 4.79 Å². The molecule has 0 saturated heterocycles. The molecule has 5 nitrogen and oxygen atoms in total. The fraction of sp³-hybridized carbons (Fsp3) is 0.833. The number of alkyl carbamates (subject to hydrolysis) is 1. The monoisotopic (exact) mass is 276 g/mol. The number of carbonyl (C=O) groups is 2. The second-order valence-corrected chi connectivity index (χ2v) is 5.86. The van der Waals surface area contributed by atoms with Gasteiger partial charge in [-0.3, -0.25) is 4.79 Å². The first-order chi connectivity index (χ1) is 8.30. The number of amides is 2. The van der Waals surface area contributed by atoms with Gasteiger partial charge in [-0.1, -0.05) is 0 Å². The van der Waals surface area contributed by atoms with E-state index in [4.69, 9.17) is 4.74 Å². The van der Waals surface area contributed by atoms with Gasteiger partial charge in [-0.25, -0.2) is 4.79 Å². The van der Waals surface area contributed by atoms with Crippen molar-refractivity contribution >= 4 is 23.8 Å². The fourth-order valence-electron chi connectivity index (χ4n) is 1.25. The van der Waals surface area contributed by atoms with E-state index in [1.165, 1.54) is 0 Å². The quantitative estimate of drug-likeness (QED) is 0.776. The van der Waals surface area contributed by atoms with Gasteiger partial charge in [0, 0.05) is 6.54 Å². The van der Waals surface area contributed by atoms with Crippen LogP contribution in [-0.4, -0.2) is 42.2 Å². The molecule has 0 aromatic rings. The molecule has 6 heteroatoms. The second-order valence-electron chi connectivity index (χ2n) is 4.87. The molecule has 18 heavy (non-hydrogen) atoms. The Morgan fingerprint density at radius 1 is 1.33 bits per heavy atom. The largest absolute Gasteiger partial charge is 0.444 e. The molecule has 0 aliphatic rings. The van der Waals surface area contributed by atoms with Gasteiger partial charge in [-0.15, -0.1) is 0 Å². The van der Waals surface area contributed by atoms with Crippen molar-refractivity contribution in [3.63, 3.8) is 0 Å². The maximum Gasteiger partial charge on any atom is 0.408 e. The summed E-state index contributed by atoms with van der Waals surface area (Å²) in [6.45, 7) is 7.75. The van der Waals surface area contributed by atoms with E-state index in [1.807, 2.05) is 13.2 Å². The lowest BCUT2D eigenvalue weighted by Crippen LogP contribution is -2.48. The summed E-state index contributed by atoms with van der Waals surface area (Å²) in [7, 11) is 0. The van der Waals surface area contributed by atoms with E-state index < -0.39 is 17.7 Å². The van der Waals surface area contributed by atoms with E-state index in [0.29, 0.717) is 13.0 Å². The number of rotatable bonds is 6. The zero-order valence-electron chi connectivity index (χ0n) is 11.8. The van der Waals surface area contributed by atoms with Crippen LogP contribution in [0.1, 0.15) is 34.1 Å². The van der Waals surface area contributed by atoms with Crippen LogP contribution in [0.3, 0.4) is 0 Å². The number of hydrogen-bond donors (Lipinski definition) is 2. The van der Waals surface area contributed by atoms with Crippen molar-refractivity contribution in [2.75, 3.05) is 18.6 Å². The zero-order chi connectivity index (χ0) is 14.2. The lowest BCUT2D eigenvalue weighted by atomic mass is 10.2. The van der Waals surface area contributed by atoms with E-state index in [1.54, 1.807) is 32.5 Å². The average Bonchev–Trinajstić information content (AvgIpc) is 2.21. The van der Waals surface area contributed by atoms with Crippen LogP contribution in [0.25, 0.3) is 0 Å². The molecule has 0 aromatic heterocycles. The summed E-state index contributed by atoms with van der Waals surface area (Å²) in [6.07, 6.45) is 1.99. The van der Waals surface area contributed by atoms with Gasteiger partial charge in [0.1, 0.15) is 11.6 Å². The van der Waals surface area contributed by atoms with E-state index in [0.717, 1.165) is 5.75 Å². The molecule has 0 fully saturated rings. The molecule has 2 amide bonds. The van der Waals surface area contributed by atoms with Gasteiger partial charge in [0.15, 0.2) is 0 Å². The van der Waals surface area contributed by atoms with Crippen molar-refractivity contribution in [2.45, 2.75) is 45.8 Å². The summed E-state index contributed by atoms with van der Waals surface area (Å²) in [4.78, 5) is 23.4. The molecule has 0 radical (unpaired) electrons. The van der Waals surface area contributed by atoms with Crippen molar-refractivity contribution in [3.8, 4) is 0 Å². The van der Waals surface area contributed by atoms with E-state index in [2.05, 4.69) is 10.6 Å². The molecule has 0 unspecified atom stereocenters. The molecule has 0 saturated carbocycles. The topological polar surface area (TPSA) is 67.4 Å². The van der Waals surface area contributed by atoms with Crippen LogP contribution >= 0.6 is 11.8 Å². The molecule has 0 aliphatic carbocycles. The minimum Gasteiger partial charge on any atom is -0.444 e. The predicted octanol–water partition coefficient (Wildman–Crippen LogP) is 1.77. The highest BCUT2D eigenvalue weighted by Crippen LogP contribution is 2.08. The highest BCUT2D eigenvalue weighted by molar-refractivity contribution is 7.98. The van der Waals surface area contributed by atoms with E-state index in [-0.39, 0.29) is 5.91 Å². The van der Waals surface area contributed by atoms with Gasteiger partial charge < -0.3 is 15.4 Å². The maximum absolute atomic E-state index is 11.8. The average molecular weight is 276 g/mol. The Morgan fingerprint density at radius 3 is 2.39 bits per heavy atom. The molecule has 0 bridgehead atoms. The van der Waals surface area contributed by atoms with Crippen molar-refractivity contribution in [1.29, 1.82) is 0 Å². The van der Waals surface area contributed by atoms with Crippen LogP contribution in [0.15, 0.2) is 0 Å². The van der Waals surface area contributed by atoms with Gasteiger partial charge in [0.05, 0.1) is 0 Å². The third kappa shape index (κ3) is 8.22. The molecule has 0 aliphatic heterocycles. The van der Waals surface area contributed by atoms with Crippen LogP contribution in [0.5, 0.6) is 0 Å². The second kappa shape index (κ2) is 8.24. The molecular formula is C12H24N2O3S. The van der Waals surface area contributed by atoms with Crippen molar-refractivity contribution in [3.05, 3.63) is 0 Å². The molecule has 106 valence electrons. The molecule has 0 spiro atoms. The minimum atomic E-state index is -0.560. The van der Waals surface area contributed by atoms with Gasteiger partial charge in [-0.2, -0.15) is 11.8 Å². The number of hydrogen-bond acceptors (Lipinski definition) is 4. The normalized spacial score (nSPS) is 12.7. The molecular weight excluding hydrogens is 252 g/mol. The molecule has 0 heterocycles. The van der Waals surface area contributed by atoms with Crippen LogP contribution in [-0.2, 0) is 9.53 Å². The first-order valence-electron chi connectivity index (χ1n) is 6.06. The Kier molecular flexibility index (Phi) is 7.82. The minimum absolute atomic E-state index is 0.169. The Morgan fingerprint density at radius 2 is 1.94 bits per heavy atom. The summed E-state index contributed by atoms with van der Waals surface area (Å²) in [6, 6.07) is -0.535. The SMILES string of the molecule is CCNC(=O)[C@H](CCSC)NC(=O)OC(C)(C)C. The number of ether oxygens (including phenoxy) is 1. The van der Waals surface area contributed by atoms with Crippen molar-refractivity contribution in [1.82, 2.24) is 10.6 Å². The highest BCUT2D eigenvalue weighted by Gasteiger charge is 2.23. The molecule has 0 rings (SSSR count). The van der Waals surface area contributed by atoms with Gasteiger partial charge in [0.25, 0.3) is 0 Å². The number of likely N-dealkylation sites (N-methyl/N-ethyl adjacent to an activating group) is 1. The van der Waals surface area contributed by atoms with Gasteiger partial charge in [0.2, 0.25) is 5.91 Å². The van der Waals surface area contributed by atoms with Crippen LogP contribution in [0.2, 0.25) is 0 Å². The fourth-order valence-corrected chi connectivity index (χ4v) is 1.72. The standard InChI is InChI=1S/C12H24N2O3S/c1-6-13-10(15)9(7-8-18-5)14-11(16)17-12(2,3)4/h9H,6-8H2,1-5H3,(H,13,15)(H,14,16)/t9-/m0/s1. The van der Waals surface area contributed by atoms with E-state index >= 15 is 0 Å². The first-order valence-corrected chi connectivity index (χ1v) is 7.45. The molecule has 1 atom stereocenters. The van der Waals surface area contributed by atoms with Crippen LogP contribution < -0.4 is 10.6 Å². The number of thioether (sulfide) groups is 1. The maximum atomic E-state index is 11.8. The molecule has 2 N–H and O–H groups in total. The smallest absolute Gasteiger partial charge is 0.408 e. The number of nitrogens with one attached hydrogen (secondary N) is 2. The summed E-state index contributed by atoms with van der Waals surface area (Å²) >= 11 is 1.63. The summed E-state index contributed by atoms with van der Waals surface area (Å²) in [5, 5.41) is 5.31. The lowest BCUT2D eigenvalue weighted by Gasteiger charge is -2.23. The Hall–Kier alpha value is -0.910. The van der Waals surface area contributed by atoms with Gasteiger partial charge >= 0.3 is 6.09 Å². The Balaban J connectivity index is 4.39. The Labute approximate surface area is 113 Å². The van der Waals surface area contributed by atoms with Crippen molar-refractivity contribution in [2.24, 2.45) is 0 Å². The predicted molar refractivity (Wildman–Crippen MR) is 74.8 cm³/mol. The first kappa shape index (κ1) is 17.1. The lowest BCUT2D eigenvalue weighted by molar-refractivity contribution is -0.123. The van der Waals surface area contributed by atoms with Gasteiger partial charge in [-0.05, 0) is 46.1 Å². The van der Waals surface area contributed by atoms with Crippen LogP contribution in [0, 0.1) is 0 Å². The summed E-state index contributed by atoms with van der Waals surface area (Å²) in [5.41, 5.74) is -0.560. The Bertz CT molecular complexity index is 277.